The topological polar surface area (TPSA) is 44.8 Å². The molecule has 1 aliphatic heterocycles. The molecule has 1 fully saturated rings. The molecule has 0 aliphatic carbocycles. The Morgan fingerprint density at radius 3 is 3.09 bits per heavy atom. The molecule has 1 atom stereocenters. The fraction of sp³-hybridized carbons (Fsp3) is 0.857. The molecule has 0 aromatic heterocycles. The largest absolute Gasteiger partial charge is 0.510 e. The average molecular weight is 160 g/mol. The molecule has 0 N–H and O–H groups in total. The molecule has 0 saturated carbocycles. The number of ether oxygens (including phenoxy) is 3. The maximum Gasteiger partial charge on any atom is 0.510 e. The van der Waals surface area contributed by atoms with Crippen LogP contribution in [0.1, 0.15) is 19.8 Å². The summed E-state index contributed by atoms with van der Waals surface area (Å²) in [6.07, 6.45) is 0.705. The van der Waals surface area contributed by atoms with E-state index in [1.54, 1.807) is 6.92 Å². The number of carbonyl (C=O) groups is 1. The second kappa shape index (κ2) is 4.18. The highest BCUT2D eigenvalue weighted by molar-refractivity contribution is 5.59. The van der Waals surface area contributed by atoms with Crippen LogP contribution in [0.5, 0.6) is 0 Å². The summed E-state index contributed by atoms with van der Waals surface area (Å²) in [6, 6.07) is 0. The zero-order chi connectivity index (χ0) is 8.10. The van der Waals surface area contributed by atoms with Crippen LogP contribution in [-0.2, 0) is 14.2 Å². The van der Waals surface area contributed by atoms with Crippen LogP contribution in [-0.4, -0.2) is 25.7 Å². The van der Waals surface area contributed by atoms with Gasteiger partial charge in [0.1, 0.15) is 0 Å². The number of carbonyl (C=O) groups excluding carboxylic acids is 1. The lowest BCUT2D eigenvalue weighted by atomic mass is 10.4. The highest BCUT2D eigenvalue weighted by Crippen LogP contribution is 2.13. The Balaban J connectivity index is 2.13. The SMILES string of the molecule is CCOC(=O)OC1CCCO1. The molecule has 0 amide bonds. The van der Waals surface area contributed by atoms with Crippen molar-refractivity contribution >= 4 is 6.16 Å². The van der Waals surface area contributed by atoms with Crippen LogP contribution in [0.25, 0.3) is 0 Å². The molecule has 0 spiro atoms. The first-order valence-corrected chi connectivity index (χ1v) is 3.78. The molecule has 4 nitrogen and oxygen atoms in total. The van der Waals surface area contributed by atoms with Gasteiger partial charge in [-0.3, -0.25) is 0 Å². The maximum atomic E-state index is 10.7. The van der Waals surface area contributed by atoms with Gasteiger partial charge in [-0.1, -0.05) is 0 Å². The molecule has 1 rings (SSSR count). The van der Waals surface area contributed by atoms with E-state index in [0.717, 1.165) is 12.8 Å². The van der Waals surface area contributed by atoms with Gasteiger partial charge in [0, 0.05) is 6.42 Å². The molecule has 0 aromatic carbocycles. The number of hydrogen-bond donors (Lipinski definition) is 0. The molecule has 11 heavy (non-hydrogen) atoms. The zero-order valence-electron chi connectivity index (χ0n) is 6.54. The maximum absolute atomic E-state index is 10.7. The van der Waals surface area contributed by atoms with E-state index in [-0.39, 0.29) is 6.29 Å². The van der Waals surface area contributed by atoms with Gasteiger partial charge in [-0.25, -0.2) is 4.79 Å². The van der Waals surface area contributed by atoms with Crippen molar-refractivity contribution in [3.8, 4) is 0 Å². The van der Waals surface area contributed by atoms with Gasteiger partial charge in [-0.05, 0) is 13.3 Å². The molecule has 0 radical (unpaired) electrons. The predicted molar refractivity (Wildman–Crippen MR) is 37.1 cm³/mol. The molecule has 0 aromatic rings. The molecule has 0 bridgehead atoms. The molecule has 64 valence electrons. The van der Waals surface area contributed by atoms with Gasteiger partial charge < -0.3 is 14.2 Å². The summed E-state index contributed by atoms with van der Waals surface area (Å²) in [6.45, 7) is 2.74. The van der Waals surface area contributed by atoms with E-state index >= 15 is 0 Å². The third kappa shape index (κ3) is 2.76. The van der Waals surface area contributed by atoms with Crippen LogP contribution in [0.3, 0.4) is 0 Å². The Bertz CT molecular complexity index is 128. The highest BCUT2D eigenvalue weighted by Gasteiger charge is 2.19. The zero-order valence-corrected chi connectivity index (χ0v) is 6.54. The Hall–Kier alpha value is -0.770. The van der Waals surface area contributed by atoms with Gasteiger partial charge in [0.15, 0.2) is 0 Å². The summed E-state index contributed by atoms with van der Waals surface area (Å²) in [5.74, 6) is 0. The van der Waals surface area contributed by atoms with Crippen LogP contribution in [0.4, 0.5) is 4.79 Å². The summed E-state index contributed by atoms with van der Waals surface area (Å²) < 4.78 is 14.4. The first-order valence-electron chi connectivity index (χ1n) is 3.78. The quantitative estimate of drug-likeness (QED) is 0.571. The van der Waals surface area contributed by atoms with E-state index in [9.17, 15) is 4.79 Å². The summed E-state index contributed by atoms with van der Waals surface area (Å²) in [4.78, 5) is 10.7. The molecule has 1 saturated heterocycles. The van der Waals surface area contributed by atoms with Gasteiger partial charge in [0.05, 0.1) is 13.2 Å². The van der Waals surface area contributed by atoms with E-state index in [1.165, 1.54) is 0 Å². The van der Waals surface area contributed by atoms with E-state index in [4.69, 9.17) is 9.47 Å². The number of rotatable bonds is 2. The third-order valence-electron chi connectivity index (χ3n) is 1.38. The Kier molecular flexibility index (Phi) is 3.16. The van der Waals surface area contributed by atoms with Crippen molar-refractivity contribution in [3.05, 3.63) is 0 Å². The van der Waals surface area contributed by atoms with Crippen LogP contribution in [0.15, 0.2) is 0 Å². The van der Waals surface area contributed by atoms with Crippen LogP contribution >= 0.6 is 0 Å². The van der Waals surface area contributed by atoms with Crippen molar-refractivity contribution < 1.29 is 19.0 Å². The fourth-order valence-electron chi connectivity index (χ4n) is 0.900. The molecule has 1 aliphatic rings. The minimum atomic E-state index is -0.639. The lowest BCUT2D eigenvalue weighted by Gasteiger charge is -2.09. The van der Waals surface area contributed by atoms with Crippen LogP contribution in [0, 0.1) is 0 Å². The van der Waals surface area contributed by atoms with Crippen LogP contribution < -0.4 is 0 Å². The van der Waals surface area contributed by atoms with Crippen molar-refractivity contribution in [2.45, 2.75) is 26.1 Å². The standard InChI is InChI=1S/C7H12O4/c1-2-9-7(8)11-6-4-3-5-10-6/h6H,2-5H2,1H3. The van der Waals surface area contributed by atoms with E-state index in [0.29, 0.717) is 13.2 Å². The third-order valence-corrected chi connectivity index (χ3v) is 1.38. The van der Waals surface area contributed by atoms with Gasteiger partial charge in [-0.15, -0.1) is 0 Å². The molecule has 1 heterocycles. The average Bonchev–Trinajstić information content (AvgIpc) is 2.40. The van der Waals surface area contributed by atoms with Crippen molar-refractivity contribution in [1.29, 1.82) is 0 Å². The fourth-order valence-corrected chi connectivity index (χ4v) is 0.900. The minimum Gasteiger partial charge on any atom is -0.435 e. The van der Waals surface area contributed by atoms with Crippen LogP contribution in [0.2, 0.25) is 0 Å². The minimum absolute atomic E-state index is 0.339. The monoisotopic (exact) mass is 160 g/mol. The lowest BCUT2D eigenvalue weighted by molar-refractivity contribution is -0.0908. The first-order chi connectivity index (χ1) is 5.33. The summed E-state index contributed by atoms with van der Waals surface area (Å²) in [7, 11) is 0. The Morgan fingerprint density at radius 1 is 1.73 bits per heavy atom. The normalized spacial score (nSPS) is 23.2. The first kappa shape index (κ1) is 8.33. The summed E-state index contributed by atoms with van der Waals surface area (Å²) in [5.41, 5.74) is 0. The number of hydrogen-bond acceptors (Lipinski definition) is 4. The summed E-state index contributed by atoms with van der Waals surface area (Å²) in [5, 5.41) is 0. The van der Waals surface area contributed by atoms with Crippen molar-refractivity contribution in [1.82, 2.24) is 0 Å². The molecule has 1 unspecified atom stereocenters. The lowest BCUT2D eigenvalue weighted by Crippen LogP contribution is -2.17. The van der Waals surface area contributed by atoms with Gasteiger partial charge in [-0.2, -0.15) is 0 Å². The molecular formula is C7H12O4. The van der Waals surface area contributed by atoms with E-state index in [1.807, 2.05) is 0 Å². The van der Waals surface area contributed by atoms with E-state index in [2.05, 4.69) is 4.74 Å². The van der Waals surface area contributed by atoms with Crippen molar-refractivity contribution in [2.75, 3.05) is 13.2 Å². The van der Waals surface area contributed by atoms with Crippen molar-refractivity contribution in [3.63, 3.8) is 0 Å². The second-order valence-electron chi connectivity index (χ2n) is 2.24. The Labute approximate surface area is 65.4 Å². The van der Waals surface area contributed by atoms with Gasteiger partial charge in [0.25, 0.3) is 0 Å². The highest BCUT2D eigenvalue weighted by atomic mass is 16.8. The predicted octanol–water partition coefficient (Wildman–Crippen LogP) is 1.30. The molecule has 4 heteroatoms. The van der Waals surface area contributed by atoms with E-state index < -0.39 is 6.16 Å². The second-order valence-corrected chi connectivity index (χ2v) is 2.24. The van der Waals surface area contributed by atoms with Gasteiger partial charge in [0.2, 0.25) is 6.29 Å². The smallest absolute Gasteiger partial charge is 0.435 e. The van der Waals surface area contributed by atoms with Crippen molar-refractivity contribution in [2.24, 2.45) is 0 Å². The van der Waals surface area contributed by atoms with Gasteiger partial charge >= 0.3 is 6.16 Å². The summed E-state index contributed by atoms with van der Waals surface area (Å²) >= 11 is 0. The Morgan fingerprint density at radius 2 is 2.55 bits per heavy atom. The molecular weight excluding hydrogens is 148 g/mol.